The first kappa shape index (κ1) is 18.3. The lowest BCUT2D eigenvalue weighted by molar-refractivity contribution is -0.113. The van der Waals surface area contributed by atoms with Crippen molar-refractivity contribution in [2.75, 3.05) is 11.1 Å². The summed E-state index contributed by atoms with van der Waals surface area (Å²) in [6.45, 7) is 8.07. The van der Waals surface area contributed by atoms with Crippen LogP contribution in [0.5, 0.6) is 5.75 Å². The number of carbonyl (C=O) groups excluding carboxylic acids is 1. The number of thioether (sulfide) groups is 1. The van der Waals surface area contributed by atoms with Crippen LogP contribution in [0.15, 0.2) is 41.4 Å². The zero-order chi connectivity index (χ0) is 18.8. The summed E-state index contributed by atoms with van der Waals surface area (Å²) < 4.78 is 0. The number of fused-ring (bicyclic) bond motifs is 1. The minimum absolute atomic E-state index is 0.0695. The zero-order valence-electron chi connectivity index (χ0n) is 15.4. The third kappa shape index (κ3) is 3.83. The predicted octanol–water partition coefficient (Wildman–Crippen LogP) is 4.90. The molecule has 3 rings (SSSR count). The standard InChI is InChI=1S/C21H22N2O2S/c1-12-5-8-18(24)17(9-12)22-19(25)11-26-21-14(3)10-16-7-6-13(2)15(4)20(16)23-21/h5-10,24H,11H2,1-4H3,(H,22,25). The average molecular weight is 366 g/mol. The highest BCUT2D eigenvalue weighted by Gasteiger charge is 2.11. The molecule has 0 aliphatic heterocycles. The van der Waals surface area contributed by atoms with Crippen molar-refractivity contribution in [3.8, 4) is 5.75 Å². The van der Waals surface area contributed by atoms with Crippen LogP contribution in [-0.4, -0.2) is 21.8 Å². The number of pyridine rings is 1. The molecule has 0 saturated heterocycles. The Hall–Kier alpha value is -2.53. The fourth-order valence-corrected chi connectivity index (χ4v) is 3.57. The number of phenols is 1. The van der Waals surface area contributed by atoms with Gasteiger partial charge in [-0.15, -0.1) is 0 Å². The lowest BCUT2D eigenvalue weighted by atomic mass is 10.0. The number of amides is 1. The molecule has 1 heterocycles. The summed E-state index contributed by atoms with van der Waals surface area (Å²) >= 11 is 1.41. The topological polar surface area (TPSA) is 62.2 Å². The minimum atomic E-state index is -0.168. The third-order valence-corrected chi connectivity index (χ3v) is 5.52. The fraction of sp³-hybridized carbons (Fsp3) is 0.238. The van der Waals surface area contributed by atoms with Gasteiger partial charge in [-0.2, -0.15) is 0 Å². The lowest BCUT2D eigenvalue weighted by Crippen LogP contribution is -2.14. The molecule has 0 fully saturated rings. The molecule has 0 aliphatic carbocycles. The van der Waals surface area contributed by atoms with E-state index in [4.69, 9.17) is 4.98 Å². The van der Waals surface area contributed by atoms with Gasteiger partial charge in [-0.3, -0.25) is 4.79 Å². The number of phenolic OH excluding ortho intramolecular Hbond substituents is 1. The van der Waals surface area contributed by atoms with Crippen LogP contribution < -0.4 is 5.32 Å². The Morgan fingerprint density at radius 3 is 2.62 bits per heavy atom. The second-order valence-electron chi connectivity index (χ2n) is 6.55. The summed E-state index contributed by atoms with van der Waals surface area (Å²) in [5.41, 5.74) is 5.82. The quantitative estimate of drug-likeness (QED) is 0.509. The number of aryl methyl sites for hydroxylation is 4. The smallest absolute Gasteiger partial charge is 0.234 e. The van der Waals surface area contributed by atoms with E-state index in [1.165, 1.54) is 22.9 Å². The van der Waals surface area contributed by atoms with Crippen LogP contribution in [0.4, 0.5) is 5.69 Å². The molecule has 0 radical (unpaired) electrons. The first-order valence-corrected chi connectivity index (χ1v) is 9.43. The summed E-state index contributed by atoms with van der Waals surface area (Å²) in [6, 6.07) is 11.4. The maximum atomic E-state index is 12.3. The van der Waals surface area contributed by atoms with E-state index in [0.29, 0.717) is 5.69 Å². The second kappa shape index (κ2) is 7.38. The highest BCUT2D eigenvalue weighted by Crippen LogP contribution is 2.28. The maximum Gasteiger partial charge on any atom is 0.234 e. The Morgan fingerprint density at radius 2 is 1.85 bits per heavy atom. The van der Waals surface area contributed by atoms with E-state index < -0.39 is 0 Å². The predicted molar refractivity (Wildman–Crippen MR) is 108 cm³/mol. The van der Waals surface area contributed by atoms with Gasteiger partial charge in [0.25, 0.3) is 0 Å². The Kier molecular flexibility index (Phi) is 5.18. The van der Waals surface area contributed by atoms with Gasteiger partial charge in [0, 0.05) is 5.39 Å². The van der Waals surface area contributed by atoms with Crippen molar-refractivity contribution >= 4 is 34.3 Å². The number of benzene rings is 2. The molecule has 0 aliphatic rings. The molecule has 2 aromatic carbocycles. The van der Waals surface area contributed by atoms with Crippen molar-refractivity contribution in [3.05, 3.63) is 58.7 Å². The van der Waals surface area contributed by atoms with Crippen LogP contribution in [-0.2, 0) is 4.79 Å². The molecule has 0 bridgehead atoms. The third-order valence-electron chi connectivity index (χ3n) is 4.42. The minimum Gasteiger partial charge on any atom is -0.506 e. The Morgan fingerprint density at radius 1 is 1.08 bits per heavy atom. The fourth-order valence-electron chi connectivity index (χ4n) is 2.79. The lowest BCUT2D eigenvalue weighted by Gasteiger charge is -2.11. The number of hydrogen-bond acceptors (Lipinski definition) is 4. The Labute approximate surface area is 157 Å². The van der Waals surface area contributed by atoms with Crippen molar-refractivity contribution < 1.29 is 9.90 Å². The molecule has 5 heteroatoms. The van der Waals surface area contributed by atoms with Gasteiger partial charge in [-0.05, 0) is 68.1 Å². The number of nitrogens with one attached hydrogen (secondary N) is 1. The van der Waals surface area contributed by atoms with E-state index in [0.717, 1.165) is 27.1 Å². The number of nitrogens with zero attached hydrogens (tertiary/aromatic N) is 1. The van der Waals surface area contributed by atoms with Gasteiger partial charge in [-0.1, -0.05) is 30.0 Å². The number of anilines is 1. The van der Waals surface area contributed by atoms with Crippen molar-refractivity contribution in [1.29, 1.82) is 0 Å². The van der Waals surface area contributed by atoms with Gasteiger partial charge in [0.15, 0.2) is 0 Å². The van der Waals surface area contributed by atoms with Crippen LogP contribution in [0.25, 0.3) is 10.9 Å². The van der Waals surface area contributed by atoms with Gasteiger partial charge in [0.05, 0.1) is 17.0 Å². The van der Waals surface area contributed by atoms with Crippen LogP contribution >= 0.6 is 11.8 Å². The summed E-state index contributed by atoms with van der Waals surface area (Å²) in [4.78, 5) is 17.1. The van der Waals surface area contributed by atoms with Gasteiger partial charge in [-0.25, -0.2) is 4.98 Å². The normalized spacial score (nSPS) is 10.9. The number of hydrogen-bond donors (Lipinski definition) is 2. The van der Waals surface area contributed by atoms with Crippen molar-refractivity contribution in [1.82, 2.24) is 4.98 Å². The molecule has 134 valence electrons. The molecular weight excluding hydrogens is 344 g/mol. The monoisotopic (exact) mass is 366 g/mol. The van der Waals surface area contributed by atoms with E-state index in [1.807, 2.05) is 13.8 Å². The summed E-state index contributed by atoms with van der Waals surface area (Å²) in [5.74, 6) is 0.135. The maximum absolute atomic E-state index is 12.3. The van der Waals surface area contributed by atoms with Crippen LogP contribution in [0.2, 0.25) is 0 Å². The largest absolute Gasteiger partial charge is 0.506 e. The molecule has 0 spiro atoms. The Bertz CT molecular complexity index is 999. The van der Waals surface area contributed by atoms with E-state index in [1.54, 1.807) is 18.2 Å². The molecule has 26 heavy (non-hydrogen) atoms. The van der Waals surface area contributed by atoms with Gasteiger partial charge >= 0.3 is 0 Å². The van der Waals surface area contributed by atoms with E-state index in [-0.39, 0.29) is 17.4 Å². The number of aromatic hydroxyl groups is 1. The Balaban J connectivity index is 1.76. The number of aromatic nitrogens is 1. The van der Waals surface area contributed by atoms with Crippen LogP contribution in [0, 0.1) is 27.7 Å². The van der Waals surface area contributed by atoms with Crippen molar-refractivity contribution in [3.63, 3.8) is 0 Å². The molecule has 2 N–H and O–H groups in total. The molecule has 1 aromatic heterocycles. The van der Waals surface area contributed by atoms with E-state index >= 15 is 0 Å². The summed E-state index contributed by atoms with van der Waals surface area (Å²) in [5, 5.41) is 14.6. The molecular formula is C21H22N2O2S. The molecule has 0 unspecified atom stereocenters. The first-order chi connectivity index (χ1) is 12.3. The number of carbonyl (C=O) groups is 1. The van der Waals surface area contributed by atoms with Gasteiger partial charge in [0.1, 0.15) is 10.8 Å². The average Bonchev–Trinajstić information content (AvgIpc) is 2.60. The molecule has 3 aromatic rings. The van der Waals surface area contributed by atoms with Crippen molar-refractivity contribution in [2.24, 2.45) is 0 Å². The second-order valence-corrected chi connectivity index (χ2v) is 7.51. The van der Waals surface area contributed by atoms with Gasteiger partial charge in [0.2, 0.25) is 5.91 Å². The highest BCUT2D eigenvalue weighted by molar-refractivity contribution is 8.00. The molecule has 1 amide bonds. The zero-order valence-corrected chi connectivity index (χ0v) is 16.2. The SMILES string of the molecule is Cc1ccc(O)c(NC(=O)CSc2nc3c(C)c(C)ccc3cc2C)c1. The van der Waals surface area contributed by atoms with Crippen LogP contribution in [0.1, 0.15) is 22.3 Å². The van der Waals surface area contributed by atoms with Crippen molar-refractivity contribution in [2.45, 2.75) is 32.7 Å². The van der Waals surface area contributed by atoms with E-state index in [2.05, 4.69) is 37.4 Å². The number of rotatable bonds is 4. The summed E-state index contributed by atoms with van der Waals surface area (Å²) in [6.07, 6.45) is 0. The van der Waals surface area contributed by atoms with E-state index in [9.17, 15) is 9.90 Å². The first-order valence-electron chi connectivity index (χ1n) is 8.45. The summed E-state index contributed by atoms with van der Waals surface area (Å²) in [7, 11) is 0. The molecule has 0 saturated carbocycles. The highest BCUT2D eigenvalue weighted by atomic mass is 32.2. The van der Waals surface area contributed by atoms with Gasteiger partial charge < -0.3 is 10.4 Å². The van der Waals surface area contributed by atoms with Crippen LogP contribution in [0.3, 0.4) is 0 Å². The molecule has 4 nitrogen and oxygen atoms in total. The molecule has 0 atom stereocenters.